The molecule has 1 saturated heterocycles. The Balaban J connectivity index is 1.47. The van der Waals surface area contributed by atoms with E-state index >= 15 is 0 Å². The molecule has 0 amide bonds. The third-order valence-corrected chi connectivity index (χ3v) is 7.45. The number of benzene rings is 1. The summed E-state index contributed by atoms with van der Waals surface area (Å²) in [5.41, 5.74) is 2.52. The first-order valence-electron chi connectivity index (χ1n) is 12.1. The first kappa shape index (κ1) is 23.0. The van der Waals surface area contributed by atoms with E-state index in [1.54, 1.807) is 13.8 Å². The number of allylic oxidation sites excluding steroid dienone is 2. The highest BCUT2D eigenvalue weighted by atomic mass is 19.1. The summed E-state index contributed by atoms with van der Waals surface area (Å²) in [5, 5.41) is 0. The molecule has 1 fully saturated rings. The number of piperidine rings is 1. The molecule has 2 aliphatic carbocycles. The molecule has 174 valence electrons. The minimum absolute atomic E-state index is 0.00415. The lowest BCUT2D eigenvalue weighted by molar-refractivity contribution is -0.129. The third-order valence-electron chi connectivity index (χ3n) is 7.45. The summed E-state index contributed by atoms with van der Waals surface area (Å²) in [5.74, 6) is 0.592. The standard InChI is InChI=1S/C27H36FNO3/c1-17(2)32-25-8-6-19(18(3)30)16-24(25)26(31)22-13-20-5-7-23(15-21(20)14-22)29-11-9-27(4,28)10-12-29/h5,7-8,15,17,19,22,24H,6,9-14,16H2,1-4H3. The largest absolute Gasteiger partial charge is 0.495 e. The first-order valence-corrected chi connectivity index (χ1v) is 12.1. The van der Waals surface area contributed by atoms with Crippen molar-refractivity contribution in [3.8, 4) is 0 Å². The average molecular weight is 442 g/mol. The smallest absolute Gasteiger partial charge is 0.147 e. The fraction of sp³-hybridized carbons (Fsp3) is 0.630. The summed E-state index contributed by atoms with van der Waals surface area (Å²) >= 11 is 0. The van der Waals surface area contributed by atoms with Gasteiger partial charge in [-0.15, -0.1) is 0 Å². The SMILES string of the molecule is CC(=O)C1CC=C(OC(C)C)C(C(=O)C2Cc3ccc(N4CCC(C)(F)CC4)cc3C2)C1. The van der Waals surface area contributed by atoms with Crippen LogP contribution in [0.3, 0.4) is 0 Å². The summed E-state index contributed by atoms with van der Waals surface area (Å²) in [6, 6.07) is 6.46. The molecule has 0 radical (unpaired) electrons. The Morgan fingerprint density at radius 1 is 1.12 bits per heavy atom. The van der Waals surface area contributed by atoms with Crippen LogP contribution in [0.15, 0.2) is 30.0 Å². The van der Waals surface area contributed by atoms with E-state index in [1.807, 2.05) is 19.9 Å². The number of anilines is 1. The number of ketones is 2. The Bertz CT molecular complexity index is 909. The molecule has 32 heavy (non-hydrogen) atoms. The molecular weight excluding hydrogens is 405 g/mol. The van der Waals surface area contributed by atoms with Gasteiger partial charge in [0, 0.05) is 30.6 Å². The predicted molar refractivity (Wildman–Crippen MR) is 125 cm³/mol. The van der Waals surface area contributed by atoms with Gasteiger partial charge < -0.3 is 9.64 Å². The number of rotatable bonds is 6. The molecule has 0 spiro atoms. The molecule has 0 N–H and O–H groups in total. The van der Waals surface area contributed by atoms with Crippen LogP contribution in [0, 0.1) is 17.8 Å². The topological polar surface area (TPSA) is 46.6 Å². The van der Waals surface area contributed by atoms with Crippen LogP contribution in [0.5, 0.6) is 0 Å². The van der Waals surface area contributed by atoms with Crippen molar-refractivity contribution in [3.63, 3.8) is 0 Å². The maximum absolute atomic E-state index is 14.2. The van der Waals surface area contributed by atoms with Gasteiger partial charge >= 0.3 is 0 Å². The van der Waals surface area contributed by atoms with Gasteiger partial charge in [-0.1, -0.05) is 6.07 Å². The number of fused-ring (bicyclic) bond motifs is 1. The number of alkyl halides is 1. The van der Waals surface area contributed by atoms with Crippen LogP contribution in [0.1, 0.15) is 64.5 Å². The number of carbonyl (C=O) groups is 2. The Kier molecular flexibility index (Phi) is 6.46. The van der Waals surface area contributed by atoms with Gasteiger partial charge in [0.25, 0.3) is 0 Å². The quantitative estimate of drug-likeness (QED) is 0.607. The molecule has 3 unspecified atom stereocenters. The van der Waals surface area contributed by atoms with Crippen LogP contribution in [-0.2, 0) is 27.2 Å². The number of halogens is 1. The number of hydrogen-bond acceptors (Lipinski definition) is 4. The molecule has 0 bridgehead atoms. The Labute approximate surface area is 191 Å². The lowest BCUT2D eigenvalue weighted by Gasteiger charge is -2.35. The van der Waals surface area contributed by atoms with E-state index in [0.29, 0.717) is 25.7 Å². The molecule has 4 rings (SSSR count). The molecular formula is C27H36FNO3. The highest BCUT2D eigenvalue weighted by Gasteiger charge is 2.39. The molecule has 1 heterocycles. The first-order chi connectivity index (χ1) is 15.1. The van der Waals surface area contributed by atoms with E-state index in [-0.39, 0.29) is 35.4 Å². The predicted octanol–water partition coefficient (Wildman–Crippen LogP) is 5.22. The van der Waals surface area contributed by atoms with Crippen molar-refractivity contribution >= 4 is 17.3 Å². The normalized spacial score (nSPS) is 27.1. The van der Waals surface area contributed by atoms with Crippen molar-refractivity contribution in [2.24, 2.45) is 17.8 Å². The van der Waals surface area contributed by atoms with Crippen molar-refractivity contribution in [1.82, 2.24) is 0 Å². The van der Waals surface area contributed by atoms with Crippen LogP contribution in [0.4, 0.5) is 10.1 Å². The number of ether oxygens (including phenoxy) is 1. The van der Waals surface area contributed by atoms with Gasteiger partial charge in [0.05, 0.1) is 12.0 Å². The highest BCUT2D eigenvalue weighted by molar-refractivity contribution is 5.88. The lowest BCUT2D eigenvalue weighted by Crippen LogP contribution is -2.40. The molecule has 3 atom stereocenters. The van der Waals surface area contributed by atoms with Crippen LogP contribution in [0.25, 0.3) is 0 Å². The number of carbonyl (C=O) groups excluding carboxylic acids is 2. The third kappa shape index (κ3) is 4.92. The zero-order chi connectivity index (χ0) is 23.0. The number of nitrogens with zero attached hydrogens (tertiary/aromatic N) is 1. The monoisotopic (exact) mass is 441 g/mol. The van der Waals surface area contributed by atoms with Gasteiger partial charge in [0.2, 0.25) is 0 Å². The second kappa shape index (κ2) is 8.99. The summed E-state index contributed by atoms with van der Waals surface area (Å²) in [4.78, 5) is 27.9. The summed E-state index contributed by atoms with van der Waals surface area (Å²) in [7, 11) is 0. The van der Waals surface area contributed by atoms with E-state index in [1.165, 1.54) is 11.1 Å². The fourth-order valence-electron chi connectivity index (χ4n) is 5.41. The fourth-order valence-corrected chi connectivity index (χ4v) is 5.41. The van der Waals surface area contributed by atoms with E-state index < -0.39 is 5.67 Å². The second-order valence-electron chi connectivity index (χ2n) is 10.5. The maximum Gasteiger partial charge on any atom is 0.147 e. The van der Waals surface area contributed by atoms with Crippen LogP contribution in [-0.4, -0.2) is 36.4 Å². The molecule has 3 aliphatic rings. The molecule has 5 heteroatoms. The van der Waals surface area contributed by atoms with Gasteiger partial charge in [-0.2, -0.15) is 0 Å². The van der Waals surface area contributed by atoms with Gasteiger partial charge in [-0.3, -0.25) is 9.59 Å². The van der Waals surface area contributed by atoms with Crippen molar-refractivity contribution in [2.75, 3.05) is 18.0 Å². The van der Waals surface area contributed by atoms with Crippen LogP contribution >= 0.6 is 0 Å². The van der Waals surface area contributed by atoms with Crippen LogP contribution in [0.2, 0.25) is 0 Å². The zero-order valence-electron chi connectivity index (χ0n) is 19.8. The Morgan fingerprint density at radius 2 is 1.81 bits per heavy atom. The maximum atomic E-state index is 14.2. The van der Waals surface area contributed by atoms with Gasteiger partial charge in [0.15, 0.2) is 0 Å². The van der Waals surface area contributed by atoms with E-state index in [0.717, 1.165) is 37.4 Å². The molecule has 1 aromatic rings. The van der Waals surface area contributed by atoms with Gasteiger partial charge in [0.1, 0.15) is 23.0 Å². The van der Waals surface area contributed by atoms with Crippen LogP contribution < -0.4 is 4.90 Å². The highest BCUT2D eigenvalue weighted by Crippen LogP contribution is 2.39. The van der Waals surface area contributed by atoms with Crippen molar-refractivity contribution in [1.29, 1.82) is 0 Å². The Hall–Kier alpha value is -2.17. The zero-order valence-corrected chi connectivity index (χ0v) is 19.8. The minimum atomic E-state index is -1.06. The lowest BCUT2D eigenvalue weighted by atomic mass is 9.77. The number of Topliss-reactive ketones (excluding diaryl/α,β-unsaturated/α-hetero) is 2. The Morgan fingerprint density at radius 3 is 2.47 bits per heavy atom. The second-order valence-corrected chi connectivity index (χ2v) is 10.5. The van der Waals surface area contributed by atoms with Gasteiger partial charge in [-0.05, 0) is 95.6 Å². The van der Waals surface area contributed by atoms with E-state index in [4.69, 9.17) is 4.74 Å². The van der Waals surface area contributed by atoms with Crippen molar-refractivity contribution in [3.05, 3.63) is 41.2 Å². The summed E-state index contributed by atoms with van der Waals surface area (Å²) < 4.78 is 20.2. The van der Waals surface area contributed by atoms with Crippen molar-refractivity contribution < 1.29 is 18.7 Å². The van der Waals surface area contributed by atoms with E-state index in [9.17, 15) is 14.0 Å². The molecule has 4 nitrogen and oxygen atoms in total. The molecule has 0 aromatic heterocycles. The molecule has 1 aliphatic heterocycles. The minimum Gasteiger partial charge on any atom is -0.495 e. The summed E-state index contributed by atoms with van der Waals surface area (Å²) in [6.45, 7) is 8.70. The average Bonchev–Trinajstić information content (AvgIpc) is 3.16. The molecule has 0 saturated carbocycles. The van der Waals surface area contributed by atoms with E-state index in [2.05, 4.69) is 23.1 Å². The van der Waals surface area contributed by atoms with Crippen molar-refractivity contribution in [2.45, 2.75) is 78.0 Å². The molecule has 1 aromatic carbocycles. The summed E-state index contributed by atoms with van der Waals surface area (Å²) in [6.07, 6.45) is 5.76. The van der Waals surface area contributed by atoms with Gasteiger partial charge in [-0.25, -0.2) is 4.39 Å². The number of hydrogen-bond donors (Lipinski definition) is 0.